The van der Waals surface area contributed by atoms with Crippen molar-refractivity contribution in [2.24, 2.45) is 5.92 Å². The van der Waals surface area contributed by atoms with E-state index in [4.69, 9.17) is 5.26 Å². The summed E-state index contributed by atoms with van der Waals surface area (Å²) in [4.78, 5) is 4.30. The van der Waals surface area contributed by atoms with Crippen molar-refractivity contribution in [2.75, 3.05) is 11.9 Å². The summed E-state index contributed by atoms with van der Waals surface area (Å²) in [5.41, 5.74) is 1.59. The Hall–Kier alpha value is -1.60. The maximum atomic E-state index is 9.22. The van der Waals surface area contributed by atoms with Crippen LogP contribution in [-0.4, -0.2) is 22.7 Å². The summed E-state index contributed by atoms with van der Waals surface area (Å²) >= 11 is 0. The summed E-state index contributed by atoms with van der Waals surface area (Å²) in [6, 6.07) is 4.32. The normalized spacial score (nSPS) is 23.4. The Morgan fingerprint density at radius 1 is 1.56 bits per heavy atom. The highest BCUT2D eigenvalue weighted by atomic mass is 16.3. The van der Waals surface area contributed by atoms with Gasteiger partial charge in [-0.05, 0) is 43.7 Å². The molecule has 0 aromatic carbocycles. The second-order valence-electron chi connectivity index (χ2n) is 5.06. The molecule has 1 fully saturated rings. The van der Waals surface area contributed by atoms with Crippen molar-refractivity contribution in [2.45, 2.75) is 38.6 Å². The predicted octanol–water partition coefficient (Wildman–Crippen LogP) is 2.22. The molecule has 1 aromatic heterocycles. The number of nitrogens with one attached hydrogen (secondary N) is 1. The number of aliphatic hydroxyl groups excluding tert-OH is 1. The minimum Gasteiger partial charge on any atom is -0.396 e. The molecule has 0 bridgehead atoms. The van der Waals surface area contributed by atoms with E-state index in [1.165, 1.54) is 0 Å². The summed E-state index contributed by atoms with van der Waals surface area (Å²) in [6.07, 6.45) is 5.99. The molecule has 0 aliphatic heterocycles. The number of aromatic nitrogens is 1. The van der Waals surface area contributed by atoms with Crippen molar-refractivity contribution in [3.8, 4) is 6.07 Å². The van der Waals surface area contributed by atoms with Gasteiger partial charge in [-0.15, -0.1) is 0 Å². The Bertz CT molecular complexity index is 453. The van der Waals surface area contributed by atoms with Crippen LogP contribution in [0, 0.1) is 24.2 Å². The van der Waals surface area contributed by atoms with Gasteiger partial charge in [0.15, 0.2) is 0 Å². The molecule has 1 saturated carbocycles. The molecule has 4 heteroatoms. The average Bonchev–Trinajstić information content (AvgIpc) is 2.41. The molecule has 0 amide bonds. The van der Waals surface area contributed by atoms with Crippen LogP contribution in [0.5, 0.6) is 0 Å². The minimum atomic E-state index is 0.276. The summed E-state index contributed by atoms with van der Waals surface area (Å²) < 4.78 is 0. The van der Waals surface area contributed by atoms with Gasteiger partial charge in [-0.3, -0.25) is 0 Å². The minimum absolute atomic E-state index is 0.276. The Kier molecular flexibility index (Phi) is 4.16. The van der Waals surface area contributed by atoms with Crippen LogP contribution in [0.3, 0.4) is 0 Å². The van der Waals surface area contributed by atoms with Crippen LogP contribution in [0.4, 0.5) is 5.82 Å². The molecule has 18 heavy (non-hydrogen) atoms. The third kappa shape index (κ3) is 2.99. The van der Waals surface area contributed by atoms with Crippen LogP contribution in [0.15, 0.2) is 12.3 Å². The molecule has 4 nitrogen and oxygen atoms in total. The number of anilines is 1. The second-order valence-corrected chi connectivity index (χ2v) is 5.06. The molecule has 2 N–H and O–H groups in total. The highest BCUT2D eigenvalue weighted by Gasteiger charge is 2.21. The molecular weight excluding hydrogens is 226 g/mol. The molecule has 0 radical (unpaired) electrons. The molecule has 0 spiro atoms. The summed E-state index contributed by atoms with van der Waals surface area (Å²) in [5, 5.41) is 21.5. The lowest BCUT2D eigenvalue weighted by molar-refractivity contribution is 0.184. The van der Waals surface area contributed by atoms with E-state index in [1.54, 1.807) is 6.20 Å². The van der Waals surface area contributed by atoms with Gasteiger partial charge in [0.25, 0.3) is 0 Å². The van der Waals surface area contributed by atoms with Crippen molar-refractivity contribution in [3.05, 3.63) is 23.4 Å². The van der Waals surface area contributed by atoms with Crippen molar-refractivity contribution in [1.82, 2.24) is 4.98 Å². The fraction of sp³-hybridized carbons (Fsp3) is 0.571. The molecule has 1 heterocycles. The Labute approximate surface area is 108 Å². The monoisotopic (exact) mass is 245 g/mol. The van der Waals surface area contributed by atoms with Crippen molar-refractivity contribution < 1.29 is 5.11 Å². The van der Waals surface area contributed by atoms with E-state index in [2.05, 4.69) is 16.4 Å². The molecule has 2 rings (SSSR count). The fourth-order valence-corrected chi connectivity index (χ4v) is 2.57. The molecule has 1 aliphatic carbocycles. The van der Waals surface area contributed by atoms with Crippen LogP contribution in [0.1, 0.15) is 36.8 Å². The second kappa shape index (κ2) is 5.83. The molecule has 2 atom stereocenters. The predicted molar refractivity (Wildman–Crippen MR) is 70.1 cm³/mol. The number of pyridine rings is 1. The zero-order chi connectivity index (χ0) is 13.0. The lowest BCUT2D eigenvalue weighted by Crippen LogP contribution is -2.29. The molecular formula is C14H19N3O. The third-order valence-electron chi connectivity index (χ3n) is 3.59. The quantitative estimate of drug-likeness (QED) is 0.856. The van der Waals surface area contributed by atoms with E-state index < -0.39 is 0 Å². The Balaban J connectivity index is 2.03. The van der Waals surface area contributed by atoms with E-state index in [9.17, 15) is 5.11 Å². The van der Waals surface area contributed by atoms with Crippen LogP contribution in [0.2, 0.25) is 0 Å². The van der Waals surface area contributed by atoms with E-state index >= 15 is 0 Å². The first-order chi connectivity index (χ1) is 8.72. The first-order valence-electron chi connectivity index (χ1n) is 6.47. The highest BCUT2D eigenvalue weighted by molar-refractivity contribution is 5.47. The van der Waals surface area contributed by atoms with E-state index in [0.29, 0.717) is 17.5 Å². The van der Waals surface area contributed by atoms with Gasteiger partial charge in [-0.1, -0.05) is 6.42 Å². The third-order valence-corrected chi connectivity index (χ3v) is 3.59. The van der Waals surface area contributed by atoms with Crippen molar-refractivity contribution in [3.63, 3.8) is 0 Å². The zero-order valence-electron chi connectivity index (χ0n) is 10.7. The van der Waals surface area contributed by atoms with E-state index in [0.717, 1.165) is 37.1 Å². The molecule has 1 aromatic rings. The van der Waals surface area contributed by atoms with Gasteiger partial charge in [0.05, 0.1) is 5.56 Å². The summed E-state index contributed by atoms with van der Waals surface area (Å²) in [6.45, 7) is 2.24. The SMILES string of the molecule is Cc1cc(C#N)cnc1N[C@@H]1CCC[C@H](CO)C1. The van der Waals surface area contributed by atoms with Gasteiger partial charge >= 0.3 is 0 Å². The first-order valence-corrected chi connectivity index (χ1v) is 6.47. The number of aryl methyl sites for hydroxylation is 1. The van der Waals surface area contributed by atoms with Gasteiger partial charge in [0.1, 0.15) is 11.9 Å². The van der Waals surface area contributed by atoms with Crippen LogP contribution in [-0.2, 0) is 0 Å². The number of aliphatic hydroxyl groups is 1. The van der Waals surface area contributed by atoms with Gasteiger partial charge < -0.3 is 10.4 Å². The molecule has 0 saturated heterocycles. The lowest BCUT2D eigenvalue weighted by Gasteiger charge is -2.29. The van der Waals surface area contributed by atoms with Crippen LogP contribution < -0.4 is 5.32 Å². The van der Waals surface area contributed by atoms with Gasteiger partial charge in [-0.2, -0.15) is 5.26 Å². The number of hydrogen-bond donors (Lipinski definition) is 2. The molecule has 1 aliphatic rings. The standard InChI is InChI=1S/C14H19N3O/c1-10-5-12(7-15)8-16-14(10)17-13-4-2-3-11(6-13)9-18/h5,8,11,13,18H,2-4,6,9H2,1H3,(H,16,17)/t11-,13+/m0/s1. The molecule has 0 unspecified atom stereocenters. The Morgan fingerprint density at radius 3 is 3.06 bits per heavy atom. The number of rotatable bonds is 3. The van der Waals surface area contributed by atoms with Gasteiger partial charge in [-0.25, -0.2) is 4.98 Å². The highest BCUT2D eigenvalue weighted by Crippen LogP contribution is 2.26. The maximum absolute atomic E-state index is 9.22. The maximum Gasteiger partial charge on any atom is 0.129 e. The number of nitriles is 1. The first kappa shape index (κ1) is 12.8. The van der Waals surface area contributed by atoms with Gasteiger partial charge in [0, 0.05) is 18.8 Å². The smallest absolute Gasteiger partial charge is 0.129 e. The Morgan fingerprint density at radius 2 is 2.39 bits per heavy atom. The van der Waals surface area contributed by atoms with E-state index in [-0.39, 0.29) is 6.61 Å². The number of nitrogens with zero attached hydrogens (tertiary/aromatic N) is 2. The summed E-state index contributed by atoms with van der Waals surface area (Å²) in [7, 11) is 0. The molecule has 96 valence electrons. The van der Waals surface area contributed by atoms with Crippen LogP contribution >= 0.6 is 0 Å². The fourth-order valence-electron chi connectivity index (χ4n) is 2.57. The number of hydrogen-bond acceptors (Lipinski definition) is 4. The topological polar surface area (TPSA) is 68.9 Å². The average molecular weight is 245 g/mol. The zero-order valence-corrected chi connectivity index (χ0v) is 10.7. The van der Waals surface area contributed by atoms with Crippen molar-refractivity contribution in [1.29, 1.82) is 5.26 Å². The lowest BCUT2D eigenvalue weighted by atomic mass is 9.86. The van der Waals surface area contributed by atoms with Crippen LogP contribution in [0.25, 0.3) is 0 Å². The van der Waals surface area contributed by atoms with E-state index in [1.807, 2.05) is 13.0 Å². The van der Waals surface area contributed by atoms with Gasteiger partial charge in [0.2, 0.25) is 0 Å². The largest absolute Gasteiger partial charge is 0.396 e. The van der Waals surface area contributed by atoms with Crippen molar-refractivity contribution >= 4 is 5.82 Å². The summed E-state index contributed by atoms with van der Waals surface area (Å²) in [5.74, 6) is 1.27.